The van der Waals surface area contributed by atoms with Gasteiger partial charge in [-0.15, -0.1) is 11.6 Å². The summed E-state index contributed by atoms with van der Waals surface area (Å²) in [6, 6.07) is 13.8. The summed E-state index contributed by atoms with van der Waals surface area (Å²) in [5.41, 5.74) is 2.66. The Hall–Kier alpha value is -2.13. The van der Waals surface area contributed by atoms with Crippen LogP contribution in [0, 0.1) is 5.82 Å². The molecule has 0 saturated heterocycles. The summed E-state index contributed by atoms with van der Waals surface area (Å²) in [5.74, 6) is -0.629. The summed E-state index contributed by atoms with van der Waals surface area (Å²) < 4.78 is 13.3. The molecule has 0 aliphatic heterocycles. The Balaban J connectivity index is 2.33. The molecule has 3 rings (SSSR count). The second kappa shape index (κ2) is 5.10. The average Bonchev–Trinajstić information content (AvgIpc) is 2.85. The fraction of sp³-hybridized carbons (Fsp3) is 0.0625. The quantitative estimate of drug-likeness (QED) is 0.562. The zero-order valence-corrected chi connectivity index (χ0v) is 11.2. The maximum Gasteiger partial charge on any atom is 0.180 e. The van der Waals surface area contributed by atoms with Crippen LogP contribution in [-0.4, -0.2) is 16.6 Å². The fourth-order valence-electron chi connectivity index (χ4n) is 2.35. The fourth-order valence-corrected chi connectivity index (χ4v) is 2.48. The first-order valence-electron chi connectivity index (χ1n) is 6.16. The molecule has 0 spiro atoms. The third-order valence-electron chi connectivity index (χ3n) is 3.22. The molecule has 0 aliphatic rings. The SMILES string of the molecule is O=C(CCl)c1c(-c2ccccc2)[nH]c2cc(F)ccc12. The lowest BCUT2D eigenvalue weighted by Crippen LogP contribution is -2.01. The van der Waals surface area contributed by atoms with Crippen LogP contribution in [0.4, 0.5) is 4.39 Å². The van der Waals surface area contributed by atoms with Gasteiger partial charge in [0.2, 0.25) is 0 Å². The Labute approximate surface area is 120 Å². The van der Waals surface area contributed by atoms with Gasteiger partial charge in [-0.05, 0) is 23.8 Å². The van der Waals surface area contributed by atoms with Crippen molar-refractivity contribution in [1.29, 1.82) is 0 Å². The van der Waals surface area contributed by atoms with Crippen LogP contribution >= 0.6 is 11.6 Å². The molecule has 0 fully saturated rings. The van der Waals surface area contributed by atoms with Crippen LogP contribution in [0.15, 0.2) is 48.5 Å². The minimum Gasteiger partial charge on any atom is -0.354 e. The number of ketones is 1. The summed E-state index contributed by atoms with van der Waals surface area (Å²) in [5, 5.41) is 0.691. The normalized spacial score (nSPS) is 10.9. The first-order chi connectivity index (χ1) is 9.70. The van der Waals surface area contributed by atoms with Gasteiger partial charge >= 0.3 is 0 Å². The molecule has 2 aromatic carbocycles. The largest absolute Gasteiger partial charge is 0.354 e. The lowest BCUT2D eigenvalue weighted by Gasteiger charge is -2.02. The third kappa shape index (κ3) is 2.10. The Morgan fingerprint density at radius 1 is 1.15 bits per heavy atom. The Kier molecular flexibility index (Phi) is 3.28. The van der Waals surface area contributed by atoms with Gasteiger partial charge in [-0.1, -0.05) is 30.3 Å². The summed E-state index contributed by atoms with van der Waals surface area (Å²) in [6.45, 7) is 0. The van der Waals surface area contributed by atoms with E-state index in [-0.39, 0.29) is 17.5 Å². The Morgan fingerprint density at radius 2 is 1.90 bits per heavy atom. The molecule has 0 saturated carbocycles. The maximum absolute atomic E-state index is 13.3. The van der Waals surface area contributed by atoms with E-state index >= 15 is 0 Å². The van der Waals surface area contributed by atoms with Gasteiger partial charge in [-0.2, -0.15) is 0 Å². The van der Waals surface area contributed by atoms with Crippen molar-refractivity contribution in [3.8, 4) is 11.3 Å². The number of carbonyl (C=O) groups is 1. The average molecular weight is 288 g/mol. The molecule has 1 aromatic heterocycles. The molecule has 3 aromatic rings. The van der Waals surface area contributed by atoms with E-state index in [0.29, 0.717) is 22.2 Å². The molecule has 4 heteroatoms. The standard InChI is InChI=1S/C16H11ClFNO/c17-9-14(20)15-12-7-6-11(18)8-13(12)19-16(15)10-4-2-1-3-5-10/h1-8,19H,9H2. The summed E-state index contributed by atoms with van der Waals surface area (Å²) in [6.07, 6.45) is 0. The van der Waals surface area contributed by atoms with Gasteiger partial charge in [-0.25, -0.2) is 4.39 Å². The van der Waals surface area contributed by atoms with E-state index in [1.54, 1.807) is 6.07 Å². The minimum absolute atomic E-state index is 0.107. The number of Topliss-reactive ketones (excluding diaryl/α,β-unsaturated/α-hetero) is 1. The number of hydrogen-bond donors (Lipinski definition) is 1. The number of aromatic amines is 1. The number of benzene rings is 2. The molecule has 2 nitrogen and oxygen atoms in total. The molecule has 0 radical (unpaired) electrons. The second-order valence-corrected chi connectivity index (χ2v) is 4.75. The lowest BCUT2D eigenvalue weighted by molar-refractivity contribution is 0.102. The van der Waals surface area contributed by atoms with Crippen LogP contribution < -0.4 is 0 Å². The van der Waals surface area contributed by atoms with Crippen LogP contribution in [0.5, 0.6) is 0 Å². The topological polar surface area (TPSA) is 32.9 Å². The Bertz CT molecular complexity index is 780. The predicted molar refractivity (Wildman–Crippen MR) is 78.7 cm³/mol. The summed E-state index contributed by atoms with van der Waals surface area (Å²) in [4.78, 5) is 15.2. The van der Waals surface area contributed by atoms with Crippen LogP contribution in [0.3, 0.4) is 0 Å². The van der Waals surface area contributed by atoms with Crippen LogP contribution in [-0.2, 0) is 0 Å². The summed E-state index contributed by atoms with van der Waals surface area (Å²) in [7, 11) is 0. The molecular formula is C16H11ClFNO. The minimum atomic E-state index is -0.344. The zero-order valence-electron chi connectivity index (χ0n) is 10.5. The van der Waals surface area contributed by atoms with E-state index in [9.17, 15) is 9.18 Å². The highest BCUT2D eigenvalue weighted by atomic mass is 35.5. The van der Waals surface area contributed by atoms with Crippen molar-refractivity contribution in [2.45, 2.75) is 0 Å². The zero-order chi connectivity index (χ0) is 14.1. The lowest BCUT2D eigenvalue weighted by atomic mass is 10.0. The van der Waals surface area contributed by atoms with Crippen molar-refractivity contribution in [3.63, 3.8) is 0 Å². The number of halogens is 2. The van der Waals surface area contributed by atoms with Gasteiger partial charge < -0.3 is 4.98 Å². The van der Waals surface area contributed by atoms with Gasteiger partial charge in [-0.3, -0.25) is 4.79 Å². The number of rotatable bonds is 3. The smallest absolute Gasteiger partial charge is 0.180 e. The first kappa shape index (κ1) is 12.9. The molecule has 0 atom stereocenters. The molecule has 100 valence electrons. The highest BCUT2D eigenvalue weighted by Gasteiger charge is 2.18. The van der Waals surface area contributed by atoms with Gasteiger partial charge in [0.1, 0.15) is 5.82 Å². The molecule has 1 N–H and O–H groups in total. The highest BCUT2D eigenvalue weighted by molar-refractivity contribution is 6.33. The van der Waals surface area contributed by atoms with E-state index in [1.165, 1.54) is 12.1 Å². The second-order valence-electron chi connectivity index (χ2n) is 4.49. The van der Waals surface area contributed by atoms with Crippen molar-refractivity contribution in [1.82, 2.24) is 4.98 Å². The number of hydrogen-bond acceptors (Lipinski definition) is 1. The number of H-pyrrole nitrogens is 1. The number of fused-ring (bicyclic) bond motifs is 1. The van der Waals surface area contributed by atoms with Crippen molar-refractivity contribution >= 4 is 28.3 Å². The predicted octanol–water partition coefficient (Wildman–Crippen LogP) is 4.40. The van der Waals surface area contributed by atoms with E-state index in [4.69, 9.17) is 11.6 Å². The van der Waals surface area contributed by atoms with Gasteiger partial charge in [0.25, 0.3) is 0 Å². The Morgan fingerprint density at radius 3 is 2.60 bits per heavy atom. The van der Waals surface area contributed by atoms with Crippen LogP contribution in [0.1, 0.15) is 10.4 Å². The number of aromatic nitrogens is 1. The molecule has 1 heterocycles. The van der Waals surface area contributed by atoms with Crippen LogP contribution in [0.2, 0.25) is 0 Å². The molecule has 0 unspecified atom stereocenters. The first-order valence-corrected chi connectivity index (χ1v) is 6.70. The van der Waals surface area contributed by atoms with E-state index in [1.807, 2.05) is 30.3 Å². The maximum atomic E-state index is 13.3. The van der Waals surface area contributed by atoms with E-state index < -0.39 is 0 Å². The third-order valence-corrected chi connectivity index (χ3v) is 3.47. The van der Waals surface area contributed by atoms with Crippen molar-refractivity contribution in [2.24, 2.45) is 0 Å². The number of carbonyl (C=O) groups excluding carboxylic acids is 1. The van der Waals surface area contributed by atoms with E-state index in [0.717, 1.165) is 5.56 Å². The molecule has 0 amide bonds. The molecule has 0 bridgehead atoms. The van der Waals surface area contributed by atoms with Crippen molar-refractivity contribution < 1.29 is 9.18 Å². The summed E-state index contributed by atoms with van der Waals surface area (Å²) >= 11 is 5.70. The molecular weight excluding hydrogens is 277 g/mol. The van der Waals surface area contributed by atoms with Crippen LogP contribution in [0.25, 0.3) is 22.2 Å². The van der Waals surface area contributed by atoms with Gasteiger partial charge in [0.05, 0.1) is 17.1 Å². The highest BCUT2D eigenvalue weighted by Crippen LogP contribution is 2.31. The van der Waals surface area contributed by atoms with Crippen molar-refractivity contribution in [2.75, 3.05) is 5.88 Å². The van der Waals surface area contributed by atoms with Crippen molar-refractivity contribution in [3.05, 3.63) is 59.9 Å². The number of nitrogens with one attached hydrogen (secondary N) is 1. The van der Waals surface area contributed by atoms with Gasteiger partial charge in [0.15, 0.2) is 5.78 Å². The molecule has 20 heavy (non-hydrogen) atoms. The molecule has 0 aliphatic carbocycles. The number of alkyl halides is 1. The van der Waals surface area contributed by atoms with E-state index in [2.05, 4.69) is 4.98 Å². The monoisotopic (exact) mass is 287 g/mol. The van der Waals surface area contributed by atoms with Gasteiger partial charge in [0, 0.05) is 10.9 Å².